The van der Waals surface area contributed by atoms with Crippen molar-refractivity contribution in [1.29, 1.82) is 0 Å². The van der Waals surface area contributed by atoms with E-state index in [2.05, 4.69) is 51.2 Å². The summed E-state index contributed by atoms with van der Waals surface area (Å²) in [6.45, 7) is 9.97. The maximum absolute atomic E-state index is 6.44. The molecule has 130 valence electrons. The Hall–Kier alpha value is -1.02. The number of anilines is 1. The lowest BCUT2D eigenvalue weighted by Crippen LogP contribution is -2.32. The third kappa shape index (κ3) is 5.24. The van der Waals surface area contributed by atoms with Gasteiger partial charge in [-0.05, 0) is 35.3 Å². The second kappa shape index (κ2) is 8.73. The van der Waals surface area contributed by atoms with Crippen molar-refractivity contribution >= 4 is 5.69 Å². The van der Waals surface area contributed by atoms with Crippen molar-refractivity contribution in [3.05, 3.63) is 29.3 Å². The van der Waals surface area contributed by atoms with E-state index in [0.717, 1.165) is 12.5 Å². The Kier molecular flexibility index (Phi) is 6.95. The fraction of sp³-hybridized carbons (Fsp3) is 0.714. The first-order valence-corrected chi connectivity index (χ1v) is 9.61. The van der Waals surface area contributed by atoms with Crippen LogP contribution >= 0.6 is 0 Å². The van der Waals surface area contributed by atoms with Gasteiger partial charge in [0, 0.05) is 18.3 Å². The van der Waals surface area contributed by atoms with E-state index >= 15 is 0 Å². The second-order valence-electron chi connectivity index (χ2n) is 8.00. The molecule has 1 saturated carbocycles. The van der Waals surface area contributed by atoms with E-state index in [-0.39, 0.29) is 6.04 Å². The number of rotatable bonds is 7. The smallest absolute Gasteiger partial charge is 0.0411 e. The van der Waals surface area contributed by atoms with Crippen LogP contribution in [0.2, 0.25) is 0 Å². The standard InChI is InChI=1S/C21H36N2/c1-15(2)19-11-8-12-20(16(3)4)21(19)23-14-18(22)13-17-9-6-5-7-10-17/h8,11-12,15-18,23H,5-7,9-10,13-14,22H2,1-4H3. The monoisotopic (exact) mass is 316 g/mol. The maximum Gasteiger partial charge on any atom is 0.0411 e. The van der Waals surface area contributed by atoms with Gasteiger partial charge < -0.3 is 11.1 Å². The summed E-state index contributed by atoms with van der Waals surface area (Å²) in [5.74, 6) is 1.92. The molecule has 23 heavy (non-hydrogen) atoms. The third-order valence-electron chi connectivity index (χ3n) is 5.27. The molecule has 3 N–H and O–H groups in total. The first-order valence-electron chi connectivity index (χ1n) is 9.61. The second-order valence-corrected chi connectivity index (χ2v) is 8.00. The third-order valence-corrected chi connectivity index (χ3v) is 5.27. The number of hydrogen-bond acceptors (Lipinski definition) is 2. The van der Waals surface area contributed by atoms with Gasteiger partial charge in [0.1, 0.15) is 0 Å². The van der Waals surface area contributed by atoms with E-state index in [9.17, 15) is 0 Å². The van der Waals surface area contributed by atoms with Gasteiger partial charge in [-0.25, -0.2) is 0 Å². The Bertz CT molecular complexity index is 446. The summed E-state index contributed by atoms with van der Waals surface area (Å²) >= 11 is 0. The van der Waals surface area contributed by atoms with Gasteiger partial charge in [-0.2, -0.15) is 0 Å². The van der Waals surface area contributed by atoms with Gasteiger partial charge in [0.2, 0.25) is 0 Å². The van der Waals surface area contributed by atoms with Gasteiger partial charge in [-0.15, -0.1) is 0 Å². The minimum absolute atomic E-state index is 0.262. The van der Waals surface area contributed by atoms with Crippen molar-refractivity contribution in [3.63, 3.8) is 0 Å². The molecular weight excluding hydrogens is 280 g/mol. The molecule has 0 spiro atoms. The fourth-order valence-electron chi connectivity index (χ4n) is 3.92. The highest BCUT2D eigenvalue weighted by Crippen LogP contribution is 2.32. The fourth-order valence-corrected chi connectivity index (χ4v) is 3.92. The Morgan fingerprint density at radius 3 is 2.09 bits per heavy atom. The Labute approximate surface area is 143 Å². The largest absolute Gasteiger partial charge is 0.383 e. The highest BCUT2D eigenvalue weighted by Gasteiger charge is 2.18. The van der Waals surface area contributed by atoms with Crippen molar-refractivity contribution in [1.82, 2.24) is 0 Å². The van der Waals surface area contributed by atoms with Crippen LogP contribution in [0.5, 0.6) is 0 Å². The van der Waals surface area contributed by atoms with Crippen LogP contribution in [-0.4, -0.2) is 12.6 Å². The normalized spacial score (nSPS) is 17.7. The lowest BCUT2D eigenvalue weighted by atomic mass is 9.85. The molecule has 2 nitrogen and oxygen atoms in total. The highest BCUT2D eigenvalue weighted by molar-refractivity contribution is 5.60. The van der Waals surface area contributed by atoms with Crippen LogP contribution in [-0.2, 0) is 0 Å². The zero-order chi connectivity index (χ0) is 16.8. The average molecular weight is 317 g/mol. The molecule has 0 aromatic heterocycles. The molecule has 1 aromatic carbocycles. The quantitative estimate of drug-likeness (QED) is 0.683. The van der Waals surface area contributed by atoms with Crippen molar-refractivity contribution in [2.45, 2.75) is 84.1 Å². The molecule has 2 heteroatoms. The summed E-state index contributed by atoms with van der Waals surface area (Å²) in [7, 11) is 0. The van der Waals surface area contributed by atoms with Gasteiger partial charge in [0.25, 0.3) is 0 Å². The lowest BCUT2D eigenvalue weighted by Gasteiger charge is -2.26. The first kappa shape index (κ1) is 18.3. The molecule has 0 radical (unpaired) electrons. The number of nitrogens with two attached hydrogens (primary N) is 1. The van der Waals surface area contributed by atoms with Gasteiger partial charge in [-0.1, -0.05) is 78.0 Å². The molecule has 1 atom stereocenters. The van der Waals surface area contributed by atoms with Crippen molar-refractivity contribution in [2.75, 3.05) is 11.9 Å². The first-order chi connectivity index (χ1) is 11.0. The Balaban J connectivity index is 2.00. The SMILES string of the molecule is CC(C)c1cccc(C(C)C)c1NCC(N)CC1CCCCC1. The molecule has 0 saturated heterocycles. The predicted octanol–water partition coefficient (Wildman–Crippen LogP) is 5.64. The molecule has 1 aliphatic carbocycles. The van der Waals surface area contributed by atoms with E-state index in [0.29, 0.717) is 11.8 Å². The highest BCUT2D eigenvalue weighted by atomic mass is 14.9. The van der Waals surface area contributed by atoms with Crippen molar-refractivity contribution in [3.8, 4) is 0 Å². The molecule has 0 bridgehead atoms. The van der Waals surface area contributed by atoms with Gasteiger partial charge in [0.15, 0.2) is 0 Å². The van der Waals surface area contributed by atoms with E-state index in [1.165, 1.54) is 55.3 Å². The lowest BCUT2D eigenvalue weighted by molar-refractivity contribution is 0.320. The number of nitrogens with one attached hydrogen (secondary N) is 1. The van der Waals surface area contributed by atoms with Crippen molar-refractivity contribution < 1.29 is 0 Å². The zero-order valence-electron chi connectivity index (χ0n) is 15.6. The summed E-state index contributed by atoms with van der Waals surface area (Å²) in [5, 5.41) is 3.71. The maximum atomic E-state index is 6.44. The van der Waals surface area contributed by atoms with Crippen molar-refractivity contribution in [2.24, 2.45) is 11.7 Å². The molecule has 1 unspecified atom stereocenters. The Morgan fingerprint density at radius 1 is 1.00 bits per heavy atom. The molecule has 0 heterocycles. The molecule has 1 aliphatic rings. The molecule has 0 amide bonds. The minimum Gasteiger partial charge on any atom is -0.383 e. The minimum atomic E-state index is 0.262. The average Bonchev–Trinajstić information content (AvgIpc) is 2.53. The van der Waals surface area contributed by atoms with Crippen LogP contribution in [0, 0.1) is 5.92 Å². The van der Waals surface area contributed by atoms with Crippen LogP contribution in [0.1, 0.15) is 89.2 Å². The Morgan fingerprint density at radius 2 is 1.57 bits per heavy atom. The zero-order valence-corrected chi connectivity index (χ0v) is 15.6. The number of benzene rings is 1. The molecular formula is C21H36N2. The van der Waals surface area contributed by atoms with Crippen LogP contribution < -0.4 is 11.1 Å². The van der Waals surface area contributed by atoms with E-state index in [1.54, 1.807) is 0 Å². The summed E-state index contributed by atoms with van der Waals surface area (Å²) < 4.78 is 0. The molecule has 1 aromatic rings. The number of para-hydroxylation sites is 1. The van der Waals surface area contributed by atoms with Gasteiger partial charge in [-0.3, -0.25) is 0 Å². The molecule has 1 fully saturated rings. The molecule has 2 rings (SSSR count). The van der Waals surface area contributed by atoms with E-state index in [1.807, 2.05) is 0 Å². The van der Waals surface area contributed by atoms with Crippen LogP contribution in [0.4, 0.5) is 5.69 Å². The van der Waals surface area contributed by atoms with Crippen LogP contribution in [0.15, 0.2) is 18.2 Å². The van der Waals surface area contributed by atoms with Crippen LogP contribution in [0.3, 0.4) is 0 Å². The van der Waals surface area contributed by atoms with E-state index < -0.39 is 0 Å². The van der Waals surface area contributed by atoms with E-state index in [4.69, 9.17) is 5.73 Å². The van der Waals surface area contributed by atoms with Gasteiger partial charge in [0.05, 0.1) is 0 Å². The van der Waals surface area contributed by atoms with Gasteiger partial charge >= 0.3 is 0 Å². The number of hydrogen-bond donors (Lipinski definition) is 2. The predicted molar refractivity (Wildman–Crippen MR) is 102 cm³/mol. The summed E-state index contributed by atoms with van der Waals surface area (Å²) in [5.41, 5.74) is 10.6. The van der Waals surface area contributed by atoms with Crippen LogP contribution in [0.25, 0.3) is 0 Å². The summed E-state index contributed by atoms with van der Waals surface area (Å²) in [6.07, 6.45) is 8.16. The molecule has 0 aliphatic heterocycles. The topological polar surface area (TPSA) is 38.0 Å². The summed E-state index contributed by atoms with van der Waals surface area (Å²) in [4.78, 5) is 0. The summed E-state index contributed by atoms with van der Waals surface area (Å²) in [6, 6.07) is 6.97.